The molecule has 4 heteroatoms. The molecule has 0 aliphatic carbocycles. The summed E-state index contributed by atoms with van der Waals surface area (Å²) in [7, 11) is 0. The minimum Gasteiger partial charge on any atom is -0.309 e. The zero-order chi connectivity index (χ0) is 84.3. The van der Waals surface area contributed by atoms with E-state index in [-0.39, 0.29) is 0 Å². The van der Waals surface area contributed by atoms with Crippen molar-refractivity contribution in [2.45, 2.75) is 0 Å². The van der Waals surface area contributed by atoms with Crippen LogP contribution in [-0.2, 0) is 0 Å². The molecule has 0 unspecified atom stereocenters. The molecule has 0 bridgehead atoms. The van der Waals surface area contributed by atoms with Crippen LogP contribution in [0.15, 0.2) is 485 Å². The highest BCUT2D eigenvalue weighted by Gasteiger charge is 2.24. The van der Waals surface area contributed by atoms with Crippen LogP contribution in [0.25, 0.3) is 242 Å². The van der Waals surface area contributed by atoms with Crippen molar-refractivity contribution in [1.29, 1.82) is 0 Å². The van der Waals surface area contributed by atoms with Crippen molar-refractivity contribution >= 4 is 130 Å². The van der Waals surface area contributed by atoms with Gasteiger partial charge in [-0.1, -0.05) is 364 Å². The Labute approximate surface area is 740 Å². The largest absolute Gasteiger partial charge is 0.309 e. The molecule has 4 heterocycles. The lowest BCUT2D eigenvalue weighted by Crippen LogP contribution is -1.97. The first-order valence-electron chi connectivity index (χ1n) is 44.2. The van der Waals surface area contributed by atoms with Crippen molar-refractivity contribution in [1.82, 2.24) is 18.3 Å². The number of para-hydroxylation sites is 6. The topological polar surface area (TPSA) is 19.7 Å². The van der Waals surface area contributed by atoms with Gasteiger partial charge in [-0.3, -0.25) is 0 Å². The van der Waals surface area contributed by atoms with E-state index in [0.717, 1.165) is 22.7 Å². The minimum atomic E-state index is 1.15. The van der Waals surface area contributed by atoms with E-state index in [1.54, 1.807) is 0 Å². The van der Waals surface area contributed by atoms with E-state index in [0.29, 0.717) is 0 Å². The number of nitrogens with zero attached hydrogens (tertiary/aromatic N) is 4. The van der Waals surface area contributed by atoms with E-state index in [1.165, 1.54) is 219 Å². The average molecular weight is 1630 g/mol. The normalized spacial score (nSPS) is 11.8. The van der Waals surface area contributed by atoms with E-state index in [9.17, 15) is 0 Å². The molecule has 0 aliphatic heterocycles. The summed E-state index contributed by atoms with van der Waals surface area (Å²) in [4.78, 5) is 0. The van der Waals surface area contributed by atoms with Crippen LogP contribution in [0.1, 0.15) is 0 Å². The van der Waals surface area contributed by atoms with Crippen LogP contribution in [0.2, 0.25) is 0 Å². The Kier molecular flexibility index (Phi) is 17.6. The van der Waals surface area contributed by atoms with Crippen molar-refractivity contribution in [3.05, 3.63) is 485 Å². The molecule has 4 aromatic heterocycles. The van der Waals surface area contributed by atoms with Crippen LogP contribution in [0.4, 0.5) is 0 Å². The third-order valence-corrected chi connectivity index (χ3v) is 26.6. The van der Waals surface area contributed by atoms with Crippen molar-refractivity contribution in [2.75, 3.05) is 0 Å². The molecule has 26 rings (SSSR count). The van der Waals surface area contributed by atoms with E-state index < -0.39 is 0 Å². The molecule has 22 aromatic carbocycles. The van der Waals surface area contributed by atoms with Gasteiger partial charge in [0, 0.05) is 65.6 Å². The Morgan fingerprint density at radius 2 is 0.375 bits per heavy atom. The summed E-state index contributed by atoms with van der Waals surface area (Å²) in [5, 5.41) is 20.0. The van der Waals surface area contributed by atoms with E-state index >= 15 is 0 Å². The number of aromatic nitrogens is 4. The molecule has 0 atom stereocenters. The molecule has 4 nitrogen and oxygen atoms in total. The maximum absolute atomic E-state index is 2.48. The lowest BCUT2D eigenvalue weighted by atomic mass is 9.95. The predicted octanol–water partition coefficient (Wildman–Crippen LogP) is 33.7. The average Bonchev–Trinajstić information content (AvgIpc) is 1.63. The Morgan fingerprint density at radius 3 is 0.789 bits per heavy atom. The van der Waals surface area contributed by atoms with Crippen LogP contribution >= 0.6 is 0 Å². The summed E-state index contributed by atoms with van der Waals surface area (Å²) in [6.45, 7) is 0. The second kappa shape index (κ2) is 30.5. The van der Waals surface area contributed by atoms with Crippen molar-refractivity contribution < 1.29 is 0 Å². The molecule has 0 aliphatic rings. The fourth-order valence-corrected chi connectivity index (χ4v) is 20.7. The number of fused-ring (bicyclic) bond motifs is 16. The van der Waals surface area contributed by atoms with Gasteiger partial charge in [0.05, 0.1) is 55.5 Å². The summed E-state index contributed by atoms with van der Waals surface area (Å²) in [6.07, 6.45) is 0. The van der Waals surface area contributed by atoms with Gasteiger partial charge in [0.1, 0.15) is 0 Å². The fraction of sp³-hybridized carbons (Fsp3) is 0. The molecular formula is C124H80N4. The van der Waals surface area contributed by atoms with Gasteiger partial charge in [-0.05, 0) is 242 Å². The number of rotatable bonds is 12. The van der Waals surface area contributed by atoms with Gasteiger partial charge in [-0.2, -0.15) is 0 Å². The molecule has 596 valence electrons. The first-order chi connectivity index (χ1) is 63.5. The third-order valence-electron chi connectivity index (χ3n) is 26.6. The number of hydrogen-bond acceptors (Lipinski definition) is 0. The summed E-state index contributed by atoms with van der Waals surface area (Å²) in [5.74, 6) is 0. The minimum absolute atomic E-state index is 1.15. The highest BCUT2D eigenvalue weighted by molar-refractivity contribution is 6.19. The van der Waals surface area contributed by atoms with Crippen LogP contribution in [0, 0.1) is 0 Å². The molecule has 0 spiro atoms. The number of hydrogen-bond donors (Lipinski definition) is 0. The predicted molar refractivity (Wildman–Crippen MR) is 544 cm³/mol. The van der Waals surface area contributed by atoms with Gasteiger partial charge in [0.15, 0.2) is 0 Å². The van der Waals surface area contributed by atoms with Gasteiger partial charge in [-0.25, -0.2) is 0 Å². The van der Waals surface area contributed by atoms with Crippen LogP contribution in [0.5, 0.6) is 0 Å². The zero-order valence-electron chi connectivity index (χ0n) is 70.0. The quantitative estimate of drug-likeness (QED) is 0.116. The molecule has 0 N–H and O–H groups in total. The van der Waals surface area contributed by atoms with Crippen molar-refractivity contribution in [3.63, 3.8) is 0 Å². The molecule has 128 heavy (non-hydrogen) atoms. The third kappa shape index (κ3) is 12.4. The van der Waals surface area contributed by atoms with Crippen LogP contribution in [-0.4, -0.2) is 18.3 Å². The van der Waals surface area contributed by atoms with Gasteiger partial charge in [-0.15, -0.1) is 0 Å². The van der Waals surface area contributed by atoms with Gasteiger partial charge in [0.2, 0.25) is 0 Å². The fourth-order valence-electron chi connectivity index (χ4n) is 20.7. The molecule has 26 aromatic rings. The lowest BCUT2D eigenvalue weighted by molar-refractivity contribution is 1.18. The Balaban J connectivity index is 0.000000139. The molecule has 0 saturated heterocycles. The lowest BCUT2D eigenvalue weighted by Gasteiger charge is -2.15. The van der Waals surface area contributed by atoms with Crippen LogP contribution in [0.3, 0.4) is 0 Å². The summed E-state index contributed by atoms with van der Waals surface area (Å²) in [5.41, 5.74) is 33.5. The molecule has 0 saturated carbocycles. The van der Waals surface area contributed by atoms with E-state index in [4.69, 9.17) is 0 Å². The Morgan fingerprint density at radius 1 is 0.117 bits per heavy atom. The maximum atomic E-state index is 2.48. The van der Waals surface area contributed by atoms with Gasteiger partial charge < -0.3 is 18.3 Å². The van der Waals surface area contributed by atoms with Crippen molar-refractivity contribution in [3.8, 4) is 112 Å². The van der Waals surface area contributed by atoms with E-state index in [2.05, 4.69) is 504 Å². The first kappa shape index (κ1) is 73.8. The van der Waals surface area contributed by atoms with Crippen molar-refractivity contribution in [2.24, 2.45) is 0 Å². The molecular weight excluding hydrogens is 1550 g/mol. The van der Waals surface area contributed by atoms with Gasteiger partial charge >= 0.3 is 0 Å². The summed E-state index contributed by atoms with van der Waals surface area (Å²) < 4.78 is 9.73. The monoisotopic (exact) mass is 1620 g/mol. The van der Waals surface area contributed by atoms with E-state index in [1.807, 2.05) is 0 Å². The highest BCUT2D eigenvalue weighted by atomic mass is 15.0. The second-order valence-corrected chi connectivity index (χ2v) is 33.7. The zero-order valence-corrected chi connectivity index (χ0v) is 70.0. The maximum Gasteiger partial charge on any atom is 0.0547 e. The first-order valence-corrected chi connectivity index (χ1v) is 44.2. The van der Waals surface area contributed by atoms with Crippen LogP contribution < -0.4 is 0 Å². The molecule has 0 radical (unpaired) electrons. The Hall–Kier alpha value is -16.9. The smallest absolute Gasteiger partial charge is 0.0547 e. The molecule has 0 amide bonds. The standard InChI is InChI=1S/2C62H40N2/c1-2-19-47(20-3-1)63-58-29-11-9-24-54(58)62-53(27-14-30-61(62)63)44-33-31-43(32-34-44)52-23-8-10-28-57(52)64-59-37-35-45(50-25-12-17-41-15-4-6-21-48(41)50)39-55(59)56-40-46(36-38-60(56)64)51-26-13-18-42-16-5-7-22-49(42)51;1-2-17-51(18-3-1)63-58-23-11-9-20-54(58)62-53(21-12-24-61(62)63)44-29-27-43(28-30-44)52-19-8-10-22-57(52)64-59-35-33-49(47-31-25-41-13-4-6-15-45(41)37-47)39-55(59)56-40-50(34-36-60(56)64)48-32-26-42-14-5-7-16-46(42)38-48/h2*1-40H. The highest BCUT2D eigenvalue weighted by Crippen LogP contribution is 2.48. The second-order valence-electron chi connectivity index (χ2n) is 33.7. The summed E-state index contributed by atoms with van der Waals surface area (Å²) in [6, 6.07) is 178. The SMILES string of the molecule is c1ccc(-n2c3ccccc3c3c(-c4ccc(-c5ccccc5-n5c6ccc(-c7ccc8ccccc8c7)cc6c6cc(-c7ccc8ccccc8c7)ccc65)cc4)cccc32)cc1.c1ccc(-n2c3ccccc3c3c(-c4ccc(-c5ccccc5-n5c6ccc(-c7cccc8ccccc78)cc6c6cc(-c7cccc8ccccc78)ccc65)cc4)cccc32)cc1. The number of benzene rings is 22. The Bertz CT molecular complexity index is 8640. The van der Waals surface area contributed by atoms with Gasteiger partial charge in [0.25, 0.3) is 0 Å². The summed E-state index contributed by atoms with van der Waals surface area (Å²) >= 11 is 0. The molecule has 0 fully saturated rings.